The van der Waals surface area contributed by atoms with Crippen LogP contribution in [0.1, 0.15) is 52.5 Å². The van der Waals surface area contributed by atoms with Crippen molar-refractivity contribution in [2.24, 2.45) is 11.3 Å². The molecule has 0 saturated heterocycles. The van der Waals surface area contributed by atoms with Crippen molar-refractivity contribution in [1.29, 1.82) is 0 Å². The van der Waals surface area contributed by atoms with Gasteiger partial charge in [-0.1, -0.05) is 39.8 Å². The predicted molar refractivity (Wildman–Crippen MR) is 90.0 cm³/mol. The van der Waals surface area contributed by atoms with Gasteiger partial charge in [0.2, 0.25) is 0 Å². The second kappa shape index (κ2) is 6.39. The molecule has 0 aromatic heterocycles. The molecule has 0 aliphatic heterocycles. The molecule has 0 radical (unpaired) electrons. The summed E-state index contributed by atoms with van der Waals surface area (Å²) in [6.07, 6.45) is 3.78. The minimum absolute atomic E-state index is 0.319. The molecular formula is C19H31NO. The second-order valence-corrected chi connectivity index (χ2v) is 7.66. The molecule has 1 aliphatic carbocycles. The van der Waals surface area contributed by atoms with Crippen LogP contribution in [0.2, 0.25) is 0 Å². The van der Waals surface area contributed by atoms with E-state index in [1.54, 1.807) is 7.11 Å². The number of hydrogen-bond donors (Lipinski definition) is 1. The summed E-state index contributed by atoms with van der Waals surface area (Å²) < 4.78 is 5.29. The van der Waals surface area contributed by atoms with E-state index in [0.29, 0.717) is 10.8 Å². The van der Waals surface area contributed by atoms with Gasteiger partial charge in [0, 0.05) is 12.0 Å². The van der Waals surface area contributed by atoms with Crippen molar-refractivity contribution in [2.75, 3.05) is 20.2 Å². The van der Waals surface area contributed by atoms with Crippen molar-refractivity contribution in [2.45, 2.75) is 52.4 Å². The highest BCUT2D eigenvalue weighted by molar-refractivity contribution is 5.35. The predicted octanol–water partition coefficient (Wildman–Crippen LogP) is 4.39. The van der Waals surface area contributed by atoms with Gasteiger partial charge in [-0.25, -0.2) is 0 Å². The molecule has 118 valence electrons. The molecule has 2 rings (SSSR count). The zero-order valence-corrected chi connectivity index (χ0v) is 14.3. The number of hydrogen-bond acceptors (Lipinski definition) is 2. The summed E-state index contributed by atoms with van der Waals surface area (Å²) in [6.45, 7) is 11.5. The first-order chi connectivity index (χ1) is 9.91. The molecule has 1 aromatic rings. The third-order valence-electron chi connectivity index (χ3n) is 5.09. The highest BCUT2D eigenvalue weighted by Gasteiger charge is 2.48. The summed E-state index contributed by atoms with van der Waals surface area (Å²) >= 11 is 0. The van der Waals surface area contributed by atoms with Gasteiger partial charge >= 0.3 is 0 Å². The van der Waals surface area contributed by atoms with Gasteiger partial charge < -0.3 is 10.1 Å². The lowest BCUT2D eigenvalue weighted by molar-refractivity contribution is 0.0449. The lowest BCUT2D eigenvalue weighted by Gasteiger charge is -2.53. The second-order valence-electron chi connectivity index (χ2n) is 7.66. The molecule has 0 heterocycles. The van der Waals surface area contributed by atoms with Crippen LogP contribution in [0, 0.1) is 11.3 Å². The van der Waals surface area contributed by atoms with Crippen LogP contribution in [-0.2, 0) is 5.41 Å². The maximum absolute atomic E-state index is 5.29. The van der Waals surface area contributed by atoms with Crippen molar-refractivity contribution in [3.63, 3.8) is 0 Å². The summed E-state index contributed by atoms with van der Waals surface area (Å²) in [5.74, 6) is 1.77. The van der Waals surface area contributed by atoms with Crippen LogP contribution in [0.5, 0.6) is 5.75 Å². The summed E-state index contributed by atoms with van der Waals surface area (Å²) in [7, 11) is 1.73. The Hall–Kier alpha value is -1.02. The maximum Gasteiger partial charge on any atom is 0.118 e. The molecule has 1 saturated carbocycles. The first-order valence-corrected chi connectivity index (χ1v) is 8.26. The first-order valence-electron chi connectivity index (χ1n) is 8.26. The summed E-state index contributed by atoms with van der Waals surface area (Å²) in [6, 6.07) is 8.71. The first kappa shape index (κ1) is 16.4. The topological polar surface area (TPSA) is 21.3 Å². The zero-order valence-electron chi connectivity index (χ0n) is 14.3. The van der Waals surface area contributed by atoms with Gasteiger partial charge in [0.25, 0.3) is 0 Å². The van der Waals surface area contributed by atoms with Gasteiger partial charge in [-0.15, -0.1) is 0 Å². The third-order valence-corrected chi connectivity index (χ3v) is 5.09. The Morgan fingerprint density at radius 3 is 2.29 bits per heavy atom. The highest BCUT2D eigenvalue weighted by Crippen LogP contribution is 2.54. The third kappa shape index (κ3) is 3.60. The standard InChI is InChI=1S/C19H31NO/c1-6-11-20-14-19(12-16(13-19)18(2,3)4)15-7-9-17(21-5)10-8-15/h7-10,16,20H,6,11-14H2,1-5H3. The van der Waals surface area contributed by atoms with E-state index < -0.39 is 0 Å². The van der Waals surface area contributed by atoms with Gasteiger partial charge in [-0.2, -0.15) is 0 Å². The van der Waals surface area contributed by atoms with E-state index in [1.807, 2.05) is 0 Å². The maximum atomic E-state index is 5.29. The molecular weight excluding hydrogens is 258 g/mol. The molecule has 0 atom stereocenters. The van der Waals surface area contributed by atoms with Crippen molar-refractivity contribution in [3.05, 3.63) is 29.8 Å². The minimum Gasteiger partial charge on any atom is -0.497 e. The number of ether oxygens (including phenoxy) is 1. The zero-order chi connectivity index (χ0) is 15.5. The largest absolute Gasteiger partial charge is 0.497 e. The van der Waals surface area contributed by atoms with Gasteiger partial charge in [-0.05, 0) is 54.8 Å². The number of methoxy groups -OCH3 is 1. The summed E-state index contributed by atoms with van der Waals surface area (Å²) in [4.78, 5) is 0. The average Bonchev–Trinajstić information content (AvgIpc) is 2.40. The molecule has 0 amide bonds. The Balaban J connectivity index is 2.13. The van der Waals surface area contributed by atoms with E-state index in [1.165, 1.54) is 24.8 Å². The van der Waals surface area contributed by atoms with Crippen molar-refractivity contribution in [1.82, 2.24) is 5.32 Å². The molecule has 21 heavy (non-hydrogen) atoms. The SMILES string of the molecule is CCCNCC1(c2ccc(OC)cc2)CC(C(C)(C)C)C1. The van der Waals surface area contributed by atoms with E-state index >= 15 is 0 Å². The van der Waals surface area contributed by atoms with Gasteiger partial charge in [0.1, 0.15) is 5.75 Å². The van der Waals surface area contributed by atoms with Crippen molar-refractivity contribution in [3.8, 4) is 5.75 Å². The van der Waals surface area contributed by atoms with Crippen LogP contribution in [0.15, 0.2) is 24.3 Å². The normalized spacial score (nSPS) is 25.5. The molecule has 0 spiro atoms. The fourth-order valence-electron chi connectivity index (χ4n) is 3.43. The molecule has 1 N–H and O–H groups in total. The fraction of sp³-hybridized carbons (Fsp3) is 0.684. The summed E-state index contributed by atoms with van der Waals surface area (Å²) in [5, 5.41) is 3.65. The molecule has 2 heteroatoms. The molecule has 0 unspecified atom stereocenters. The van der Waals surface area contributed by atoms with Crippen LogP contribution >= 0.6 is 0 Å². The van der Waals surface area contributed by atoms with E-state index in [-0.39, 0.29) is 0 Å². The lowest BCUT2D eigenvalue weighted by atomic mass is 9.52. The van der Waals surface area contributed by atoms with Crippen LogP contribution in [0.4, 0.5) is 0 Å². The molecule has 1 aromatic carbocycles. The molecule has 1 aliphatic rings. The van der Waals surface area contributed by atoms with Gasteiger partial charge in [0.05, 0.1) is 7.11 Å². The quantitative estimate of drug-likeness (QED) is 0.784. The number of rotatable bonds is 6. The Morgan fingerprint density at radius 1 is 1.19 bits per heavy atom. The Kier molecular flexibility index (Phi) is 4.98. The van der Waals surface area contributed by atoms with Crippen LogP contribution < -0.4 is 10.1 Å². The average molecular weight is 289 g/mol. The van der Waals surface area contributed by atoms with Crippen molar-refractivity contribution >= 4 is 0 Å². The Labute approximate surface area is 130 Å². The van der Waals surface area contributed by atoms with E-state index in [2.05, 4.69) is 57.3 Å². The molecule has 1 fully saturated rings. The monoisotopic (exact) mass is 289 g/mol. The van der Waals surface area contributed by atoms with E-state index in [9.17, 15) is 0 Å². The fourth-order valence-corrected chi connectivity index (χ4v) is 3.43. The van der Waals surface area contributed by atoms with E-state index in [4.69, 9.17) is 4.74 Å². The lowest BCUT2D eigenvalue weighted by Crippen LogP contribution is -2.52. The Bertz CT molecular complexity index is 438. The van der Waals surface area contributed by atoms with E-state index in [0.717, 1.165) is 24.8 Å². The Morgan fingerprint density at radius 2 is 1.81 bits per heavy atom. The van der Waals surface area contributed by atoms with Gasteiger partial charge in [-0.3, -0.25) is 0 Å². The number of benzene rings is 1. The van der Waals surface area contributed by atoms with Gasteiger partial charge in [0.15, 0.2) is 0 Å². The summed E-state index contributed by atoms with van der Waals surface area (Å²) in [5.41, 5.74) is 2.20. The molecule has 2 nitrogen and oxygen atoms in total. The van der Waals surface area contributed by atoms with Crippen LogP contribution in [-0.4, -0.2) is 20.2 Å². The highest BCUT2D eigenvalue weighted by atomic mass is 16.5. The van der Waals surface area contributed by atoms with Crippen LogP contribution in [0.25, 0.3) is 0 Å². The molecule has 0 bridgehead atoms. The van der Waals surface area contributed by atoms with Crippen LogP contribution in [0.3, 0.4) is 0 Å². The smallest absolute Gasteiger partial charge is 0.118 e. The van der Waals surface area contributed by atoms with Crippen molar-refractivity contribution < 1.29 is 4.74 Å². The number of nitrogens with one attached hydrogen (secondary N) is 1. The minimum atomic E-state index is 0.319.